The van der Waals surface area contributed by atoms with Gasteiger partial charge in [0.15, 0.2) is 0 Å². The summed E-state index contributed by atoms with van der Waals surface area (Å²) in [7, 11) is 0. The third-order valence-corrected chi connectivity index (χ3v) is 6.44. The standard InChI is InChI=1S/C17H29N.C15H12N4O2/c1-2-3-4-5-6-7-8-12-15-18-16-17-13-10-9-11-14-17;16-15-17-7-6-11(19-15)12-8-10(14(20)21)13(18-12)9-4-2-1-3-5-9/h9-11,13-14,18H,2-8,12,15-16H2,1H3;1-8,18H,(H,20,21)(H2,16,17,19). The number of aromatic nitrogens is 3. The Labute approximate surface area is 231 Å². The fraction of sp³-hybridized carbons (Fsp3) is 0.344. The van der Waals surface area contributed by atoms with Gasteiger partial charge in [0.1, 0.15) is 0 Å². The quantitative estimate of drug-likeness (QED) is 0.128. The molecule has 0 unspecified atom stereocenters. The summed E-state index contributed by atoms with van der Waals surface area (Å²) in [6, 6.07) is 23.1. The van der Waals surface area contributed by atoms with Crippen molar-refractivity contribution in [1.82, 2.24) is 20.3 Å². The molecule has 206 valence electrons. The Kier molecular flexibility index (Phi) is 12.7. The SMILES string of the molecule is CCCCCCCCCCNCc1ccccc1.Nc1nccc(-c2cc(C(=O)O)c(-c3ccccc3)[nH]2)n1. The number of aromatic carboxylic acids is 1. The molecule has 0 bridgehead atoms. The van der Waals surface area contributed by atoms with Gasteiger partial charge in [0, 0.05) is 12.7 Å². The van der Waals surface area contributed by atoms with Gasteiger partial charge in [0.2, 0.25) is 5.95 Å². The first-order valence-corrected chi connectivity index (χ1v) is 13.9. The number of aromatic amines is 1. The second-order valence-corrected chi connectivity index (χ2v) is 9.58. The van der Waals surface area contributed by atoms with E-state index in [2.05, 4.69) is 57.5 Å². The smallest absolute Gasteiger partial charge is 0.337 e. The van der Waals surface area contributed by atoms with Crippen molar-refractivity contribution in [2.75, 3.05) is 12.3 Å². The highest BCUT2D eigenvalue weighted by molar-refractivity contribution is 5.97. The number of anilines is 1. The van der Waals surface area contributed by atoms with Crippen LogP contribution in [0.1, 0.15) is 74.2 Å². The summed E-state index contributed by atoms with van der Waals surface area (Å²) < 4.78 is 0. The van der Waals surface area contributed by atoms with E-state index in [1.54, 1.807) is 12.1 Å². The number of nitrogen functional groups attached to an aromatic ring is 1. The highest BCUT2D eigenvalue weighted by Crippen LogP contribution is 2.28. The molecule has 4 rings (SSSR count). The van der Waals surface area contributed by atoms with Crippen molar-refractivity contribution >= 4 is 11.9 Å². The van der Waals surface area contributed by atoms with E-state index in [9.17, 15) is 9.90 Å². The number of carboxylic acids is 1. The molecule has 7 nitrogen and oxygen atoms in total. The molecule has 7 heteroatoms. The Morgan fingerprint density at radius 3 is 2.18 bits per heavy atom. The van der Waals surface area contributed by atoms with Gasteiger partial charge in [0.25, 0.3) is 0 Å². The van der Waals surface area contributed by atoms with Crippen molar-refractivity contribution in [3.8, 4) is 22.6 Å². The first-order valence-electron chi connectivity index (χ1n) is 13.9. The topological polar surface area (TPSA) is 117 Å². The number of carboxylic acid groups (broad SMARTS) is 1. The molecule has 0 spiro atoms. The van der Waals surface area contributed by atoms with Crippen molar-refractivity contribution in [1.29, 1.82) is 0 Å². The Balaban J connectivity index is 0.000000219. The lowest BCUT2D eigenvalue weighted by atomic mass is 10.1. The molecule has 39 heavy (non-hydrogen) atoms. The van der Waals surface area contributed by atoms with Crippen LogP contribution in [0.4, 0.5) is 5.95 Å². The highest BCUT2D eigenvalue weighted by atomic mass is 16.4. The molecule has 2 aromatic carbocycles. The van der Waals surface area contributed by atoms with Gasteiger partial charge >= 0.3 is 5.97 Å². The van der Waals surface area contributed by atoms with E-state index in [-0.39, 0.29) is 11.5 Å². The molecule has 4 aromatic rings. The van der Waals surface area contributed by atoms with Crippen LogP contribution in [0.3, 0.4) is 0 Å². The maximum absolute atomic E-state index is 11.4. The predicted molar refractivity (Wildman–Crippen MR) is 159 cm³/mol. The van der Waals surface area contributed by atoms with Crippen LogP contribution in [0.25, 0.3) is 22.6 Å². The van der Waals surface area contributed by atoms with E-state index < -0.39 is 5.97 Å². The molecule has 0 aliphatic rings. The molecule has 2 aromatic heterocycles. The Morgan fingerprint density at radius 2 is 1.54 bits per heavy atom. The number of H-pyrrole nitrogens is 1. The molecule has 0 aliphatic carbocycles. The number of hydrogen-bond acceptors (Lipinski definition) is 5. The van der Waals surface area contributed by atoms with Crippen molar-refractivity contribution in [3.63, 3.8) is 0 Å². The van der Waals surface area contributed by atoms with Crippen molar-refractivity contribution in [2.24, 2.45) is 0 Å². The molecular weight excluding hydrogens is 486 g/mol. The van der Waals surface area contributed by atoms with Crippen LogP contribution < -0.4 is 11.1 Å². The number of nitrogens with one attached hydrogen (secondary N) is 2. The summed E-state index contributed by atoms with van der Waals surface area (Å²) in [6.45, 7) is 4.44. The Bertz CT molecular complexity index is 1240. The van der Waals surface area contributed by atoms with E-state index in [4.69, 9.17) is 5.73 Å². The van der Waals surface area contributed by atoms with Gasteiger partial charge in [0.05, 0.1) is 22.6 Å². The van der Waals surface area contributed by atoms with Gasteiger partial charge in [-0.3, -0.25) is 0 Å². The number of unbranched alkanes of at least 4 members (excludes halogenated alkanes) is 7. The molecule has 0 amide bonds. The Hall–Kier alpha value is -3.97. The highest BCUT2D eigenvalue weighted by Gasteiger charge is 2.17. The molecule has 5 N–H and O–H groups in total. The molecule has 0 saturated heterocycles. The van der Waals surface area contributed by atoms with Gasteiger partial charge < -0.3 is 21.1 Å². The first kappa shape index (κ1) is 29.6. The maximum atomic E-state index is 11.4. The second kappa shape index (κ2) is 16.8. The van der Waals surface area contributed by atoms with E-state index in [1.807, 2.05) is 30.3 Å². The van der Waals surface area contributed by atoms with Crippen molar-refractivity contribution in [2.45, 2.75) is 64.8 Å². The average Bonchev–Trinajstić information content (AvgIpc) is 3.42. The van der Waals surface area contributed by atoms with E-state index in [1.165, 1.54) is 63.1 Å². The molecule has 0 fully saturated rings. The van der Waals surface area contributed by atoms with Crippen LogP contribution in [-0.4, -0.2) is 32.6 Å². The normalized spacial score (nSPS) is 10.6. The molecule has 0 saturated carbocycles. The number of hydrogen-bond donors (Lipinski definition) is 4. The Morgan fingerprint density at radius 1 is 0.897 bits per heavy atom. The predicted octanol–water partition coefficient (Wildman–Crippen LogP) is 7.34. The monoisotopic (exact) mass is 527 g/mol. The zero-order valence-electron chi connectivity index (χ0n) is 22.9. The summed E-state index contributed by atoms with van der Waals surface area (Å²) in [5.74, 6) is -0.862. The van der Waals surface area contributed by atoms with Crippen LogP contribution in [0, 0.1) is 0 Å². The number of nitrogens with two attached hydrogens (primary N) is 1. The van der Waals surface area contributed by atoms with Crippen LogP contribution in [0.2, 0.25) is 0 Å². The minimum Gasteiger partial charge on any atom is -0.478 e. The van der Waals surface area contributed by atoms with Gasteiger partial charge in [-0.25, -0.2) is 14.8 Å². The van der Waals surface area contributed by atoms with Gasteiger partial charge in [-0.15, -0.1) is 0 Å². The minimum atomic E-state index is -1.00. The lowest BCUT2D eigenvalue weighted by Gasteiger charge is -2.05. The maximum Gasteiger partial charge on any atom is 0.337 e. The number of benzene rings is 2. The van der Waals surface area contributed by atoms with E-state index >= 15 is 0 Å². The number of nitrogens with zero attached hydrogens (tertiary/aromatic N) is 2. The summed E-state index contributed by atoms with van der Waals surface area (Å²) in [6.07, 6.45) is 12.7. The lowest BCUT2D eigenvalue weighted by molar-refractivity contribution is 0.0698. The zero-order chi connectivity index (χ0) is 27.7. The van der Waals surface area contributed by atoms with Gasteiger partial charge in [-0.05, 0) is 36.2 Å². The average molecular weight is 528 g/mol. The van der Waals surface area contributed by atoms with Gasteiger partial charge in [-0.2, -0.15) is 0 Å². The first-order chi connectivity index (χ1) is 19.1. The summed E-state index contributed by atoms with van der Waals surface area (Å²) in [5, 5.41) is 12.9. The molecular formula is C32H41N5O2. The third-order valence-electron chi connectivity index (χ3n) is 6.44. The molecule has 0 aliphatic heterocycles. The van der Waals surface area contributed by atoms with E-state index in [0.29, 0.717) is 17.1 Å². The minimum absolute atomic E-state index is 0.139. The van der Waals surface area contributed by atoms with Gasteiger partial charge in [-0.1, -0.05) is 113 Å². The lowest BCUT2D eigenvalue weighted by Crippen LogP contribution is -2.14. The van der Waals surface area contributed by atoms with Crippen LogP contribution in [-0.2, 0) is 6.54 Å². The fourth-order valence-electron chi connectivity index (χ4n) is 4.33. The summed E-state index contributed by atoms with van der Waals surface area (Å²) in [5.41, 5.74) is 9.60. The third kappa shape index (κ3) is 10.4. The summed E-state index contributed by atoms with van der Waals surface area (Å²) >= 11 is 0. The van der Waals surface area contributed by atoms with Crippen LogP contribution >= 0.6 is 0 Å². The largest absolute Gasteiger partial charge is 0.478 e. The molecule has 2 heterocycles. The fourth-order valence-corrected chi connectivity index (χ4v) is 4.33. The van der Waals surface area contributed by atoms with E-state index in [0.717, 1.165) is 18.7 Å². The summed E-state index contributed by atoms with van der Waals surface area (Å²) in [4.78, 5) is 22.4. The van der Waals surface area contributed by atoms with Crippen LogP contribution in [0.5, 0.6) is 0 Å². The second-order valence-electron chi connectivity index (χ2n) is 9.58. The number of carbonyl (C=O) groups is 1. The van der Waals surface area contributed by atoms with Crippen molar-refractivity contribution in [3.05, 3.63) is 90.1 Å². The van der Waals surface area contributed by atoms with Crippen molar-refractivity contribution < 1.29 is 9.90 Å². The van der Waals surface area contributed by atoms with Crippen LogP contribution in [0.15, 0.2) is 79.0 Å². The number of rotatable bonds is 14. The molecule has 0 radical (unpaired) electrons. The zero-order valence-corrected chi connectivity index (χ0v) is 22.9. The molecule has 0 atom stereocenters.